The van der Waals surface area contributed by atoms with Gasteiger partial charge in [-0.25, -0.2) is 0 Å². The molecule has 4 rings (SSSR count). The van der Waals surface area contributed by atoms with Crippen molar-refractivity contribution in [2.75, 3.05) is 6.61 Å². The fourth-order valence-electron chi connectivity index (χ4n) is 4.75. The van der Waals surface area contributed by atoms with Crippen LogP contribution in [0.2, 0.25) is 0 Å². The lowest BCUT2D eigenvalue weighted by Crippen LogP contribution is -2.23. The van der Waals surface area contributed by atoms with Crippen molar-refractivity contribution in [2.45, 2.75) is 71.8 Å². The fraction of sp³-hybridized carbons (Fsp3) is 0.424. The maximum Gasteiger partial charge on any atom is 0.314 e. The van der Waals surface area contributed by atoms with Gasteiger partial charge in [0, 0.05) is 11.1 Å². The summed E-state index contributed by atoms with van der Waals surface area (Å²) in [6.45, 7) is 15.7. The Hall–Kier alpha value is -2.91. The van der Waals surface area contributed by atoms with Gasteiger partial charge in [0.2, 0.25) is 0 Å². The highest BCUT2D eigenvalue weighted by molar-refractivity contribution is 5.79. The van der Waals surface area contributed by atoms with Crippen molar-refractivity contribution in [2.24, 2.45) is 11.8 Å². The SMILES string of the molecule is Cc1cc(C(C)(C)C)c(OC(=O)C2CC2COC(c2ccccc2)c2ccccc2)c(C(C)(C)C)c1. The molecule has 0 heterocycles. The molecule has 0 radical (unpaired) electrons. The average molecular weight is 485 g/mol. The van der Waals surface area contributed by atoms with Crippen LogP contribution >= 0.6 is 0 Å². The van der Waals surface area contributed by atoms with Crippen LogP contribution in [-0.2, 0) is 20.4 Å². The molecular weight excluding hydrogens is 444 g/mol. The van der Waals surface area contributed by atoms with Crippen LogP contribution in [0.5, 0.6) is 5.75 Å². The third-order valence-corrected chi connectivity index (χ3v) is 6.96. The summed E-state index contributed by atoms with van der Waals surface area (Å²) in [5.41, 5.74) is 5.33. The Bertz CT molecular complexity index is 1110. The van der Waals surface area contributed by atoms with Gasteiger partial charge in [-0.05, 0) is 41.2 Å². The van der Waals surface area contributed by atoms with E-state index in [1.807, 2.05) is 36.4 Å². The van der Waals surface area contributed by atoms with Crippen molar-refractivity contribution in [3.63, 3.8) is 0 Å². The molecule has 0 spiro atoms. The molecule has 36 heavy (non-hydrogen) atoms. The zero-order chi connectivity index (χ0) is 26.1. The largest absolute Gasteiger partial charge is 0.426 e. The van der Waals surface area contributed by atoms with Gasteiger partial charge in [-0.2, -0.15) is 0 Å². The normalized spacial score (nSPS) is 17.8. The monoisotopic (exact) mass is 484 g/mol. The molecule has 3 aromatic carbocycles. The predicted octanol–water partition coefficient (Wildman–Crippen LogP) is 7.94. The topological polar surface area (TPSA) is 35.5 Å². The molecule has 0 N–H and O–H groups in total. The second kappa shape index (κ2) is 10.2. The number of aryl methyl sites for hydroxylation is 1. The first-order valence-electron chi connectivity index (χ1n) is 13.0. The fourth-order valence-corrected chi connectivity index (χ4v) is 4.75. The van der Waals surface area contributed by atoms with E-state index in [4.69, 9.17) is 9.47 Å². The van der Waals surface area contributed by atoms with Crippen LogP contribution in [0, 0.1) is 18.8 Å². The number of carbonyl (C=O) groups is 1. The van der Waals surface area contributed by atoms with E-state index >= 15 is 0 Å². The van der Waals surface area contributed by atoms with Crippen molar-refractivity contribution in [3.05, 3.63) is 101 Å². The molecular formula is C33H40O3. The molecule has 1 saturated carbocycles. The van der Waals surface area contributed by atoms with Gasteiger partial charge in [-0.15, -0.1) is 0 Å². The van der Waals surface area contributed by atoms with Gasteiger partial charge in [-0.3, -0.25) is 4.79 Å². The highest BCUT2D eigenvalue weighted by atomic mass is 16.5. The Morgan fingerprint density at radius 1 is 0.833 bits per heavy atom. The Morgan fingerprint density at radius 2 is 1.31 bits per heavy atom. The van der Waals surface area contributed by atoms with Gasteiger partial charge < -0.3 is 9.47 Å². The molecule has 0 bridgehead atoms. The van der Waals surface area contributed by atoms with Gasteiger partial charge in [0.15, 0.2) is 0 Å². The molecule has 1 aliphatic carbocycles. The van der Waals surface area contributed by atoms with Gasteiger partial charge in [0.1, 0.15) is 11.9 Å². The summed E-state index contributed by atoms with van der Waals surface area (Å²) >= 11 is 0. The lowest BCUT2D eigenvalue weighted by molar-refractivity contribution is -0.136. The molecule has 0 saturated heterocycles. The molecule has 0 aromatic heterocycles. The highest BCUT2D eigenvalue weighted by Gasteiger charge is 2.45. The first-order valence-corrected chi connectivity index (χ1v) is 13.0. The van der Waals surface area contributed by atoms with Crippen molar-refractivity contribution in [1.29, 1.82) is 0 Å². The Balaban J connectivity index is 1.49. The summed E-state index contributed by atoms with van der Waals surface area (Å²) in [6, 6.07) is 24.9. The number of hydrogen-bond donors (Lipinski definition) is 0. The van der Waals surface area contributed by atoms with Crippen LogP contribution < -0.4 is 4.74 Å². The van der Waals surface area contributed by atoms with E-state index in [1.54, 1.807) is 0 Å². The Morgan fingerprint density at radius 3 is 1.75 bits per heavy atom. The minimum Gasteiger partial charge on any atom is -0.426 e. The van der Waals surface area contributed by atoms with E-state index in [9.17, 15) is 4.79 Å². The number of rotatable bonds is 7. The third kappa shape index (κ3) is 6.07. The molecule has 3 heteroatoms. The molecule has 3 nitrogen and oxygen atoms in total. The van der Waals surface area contributed by atoms with Gasteiger partial charge in [0.25, 0.3) is 0 Å². The maximum atomic E-state index is 13.3. The second-order valence-electron chi connectivity index (χ2n) is 12.2. The van der Waals surface area contributed by atoms with Crippen molar-refractivity contribution in [1.82, 2.24) is 0 Å². The van der Waals surface area contributed by atoms with Crippen LogP contribution in [0.4, 0.5) is 0 Å². The second-order valence-corrected chi connectivity index (χ2v) is 12.2. The molecule has 190 valence electrons. The van der Waals surface area contributed by atoms with Crippen molar-refractivity contribution < 1.29 is 14.3 Å². The van der Waals surface area contributed by atoms with Crippen LogP contribution in [0.25, 0.3) is 0 Å². The van der Waals surface area contributed by atoms with Crippen LogP contribution in [0.1, 0.15) is 81.9 Å². The maximum absolute atomic E-state index is 13.3. The number of ether oxygens (including phenoxy) is 2. The molecule has 1 aliphatic rings. The quantitative estimate of drug-likeness (QED) is 0.252. The van der Waals surface area contributed by atoms with E-state index in [1.165, 1.54) is 5.56 Å². The summed E-state index contributed by atoms with van der Waals surface area (Å²) < 4.78 is 12.7. The van der Waals surface area contributed by atoms with Crippen LogP contribution in [0.15, 0.2) is 72.8 Å². The summed E-state index contributed by atoms with van der Waals surface area (Å²) in [5, 5.41) is 0. The lowest BCUT2D eigenvalue weighted by atomic mass is 9.78. The number of esters is 1. The predicted molar refractivity (Wildman–Crippen MR) is 146 cm³/mol. The summed E-state index contributed by atoms with van der Waals surface area (Å²) in [4.78, 5) is 13.3. The molecule has 0 aliphatic heterocycles. The van der Waals surface area contributed by atoms with E-state index < -0.39 is 0 Å². The molecule has 3 aromatic rings. The Kier molecular flexibility index (Phi) is 7.43. The smallest absolute Gasteiger partial charge is 0.314 e. The minimum absolute atomic E-state index is 0.126. The summed E-state index contributed by atoms with van der Waals surface area (Å²) in [5.74, 6) is 0.649. The van der Waals surface area contributed by atoms with E-state index in [2.05, 4.69) is 84.9 Å². The molecule has 2 atom stereocenters. The minimum atomic E-state index is -0.151. The zero-order valence-electron chi connectivity index (χ0n) is 22.8. The van der Waals surface area contributed by atoms with Crippen LogP contribution in [-0.4, -0.2) is 12.6 Å². The average Bonchev–Trinajstić information content (AvgIpc) is 3.60. The van der Waals surface area contributed by atoms with Crippen LogP contribution in [0.3, 0.4) is 0 Å². The summed E-state index contributed by atoms with van der Waals surface area (Å²) in [7, 11) is 0. The third-order valence-electron chi connectivity index (χ3n) is 6.96. The lowest BCUT2D eigenvalue weighted by Gasteiger charge is -2.29. The number of carbonyl (C=O) groups excluding carboxylic acids is 1. The first kappa shape index (κ1) is 26.2. The van der Waals surface area contributed by atoms with Gasteiger partial charge >= 0.3 is 5.97 Å². The zero-order valence-corrected chi connectivity index (χ0v) is 22.8. The van der Waals surface area contributed by atoms with Crippen molar-refractivity contribution in [3.8, 4) is 5.75 Å². The number of benzene rings is 3. The van der Waals surface area contributed by atoms with Gasteiger partial charge in [-0.1, -0.05) is 120 Å². The highest BCUT2D eigenvalue weighted by Crippen LogP contribution is 2.45. The molecule has 2 unspecified atom stereocenters. The first-order chi connectivity index (χ1) is 16.9. The van der Waals surface area contributed by atoms with E-state index in [-0.39, 0.29) is 34.7 Å². The molecule has 1 fully saturated rings. The molecule has 0 amide bonds. The van der Waals surface area contributed by atoms with Gasteiger partial charge in [0.05, 0.1) is 12.5 Å². The van der Waals surface area contributed by atoms with E-state index in [0.29, 0.717) is 6.61 Å². The van der Waals surface area contributed by atoms with E-state index in [0.717, 1.165) is 34.4 Å². The number of hydrogen-bond acceptors (Lipinski definition) is 3. The Labute approximate surface area is 216 Å². The van der Waals surface area contributed by atoms with Crippen molar-refractivity contribution >= 4 is 5.97 Å². The standard InChI is InChI=1S/C33H40O3/c1-22-18-27(32(2,3)4)30(28(19-22)33(5,6)7)36-31(34)26-20-25(26)21-35-29(23-14-10-8-11-15-23)24-16-12-9-13-17-24/h8-19,25-26,29H,20-21H2,1-7H3. The summed E-state index contributed by atoms with van der Waals surface area (Å²) in [6.07, 6.45) is 0.651.